The van der Waals surface area contributed by atoms with E-state index >= 15 is 0 Å². The Morgan fingerprint density at radius 1 is 1.05 bits per heavy atom. The fourth-order valence-corrected chi connectivity index (χ4v) is 4.68. The topological polar surface area (TPSA) is 0 Å². The highest BCUT2D eigenvalue weighted by molar-refractivity contribution is 7.73. The lowest BCUT2D eigenvalue weighted by Crippen LogP contribution is -2.04. The van der Waals surface area contributed by atoms with Crippen LogP contribution in [-0.4, -0.2) is 0 Å². The Balaban J connectivity index is 2.08. The molecule has 1 atom stereocenters. The maximum Gasteiger partial charge on any atom is 0.0345 e. The summed E-state index contributed by atoms with van der Waals surface area (Å²) >= 11 is 0. The molecule has 0 amide bonds. The lowest BCUT2D eigenvalue weighted by molar-refractivity contribution is 1.02. The van der Waals surface area contributed by atoms with E-state index in [2.05, 4.69) is 72.2 Å². The molecule has 1 heteroatoms. The molecule has 19 heavy (non-hydrogen) atoms. The fourth-order valence-electron chi connectivity index (χ4n) is 2.29. The third-order valence-corrected chi connectivity index (χ3v) is 5.67. The lowest BCUT2D eigenvalue weighted by atomic mass is 10.2. The molecule has 0 heterocycles. The molecular formula is C18H15P. The molecular weight excluding hydrogens is 247 g/mol. The van der Waals surface area contributed by atoms with Crippen LogP contribution in [0.2, 0.25) is 0 Å². The summed E-state index contributed by atoms with van der Waals surface area (Å²) in [4.78, 5) is 0. The molecule has 0 saturated carbocycles. The predicted octanol–water partition coefficient (Wildman–Crippen LogP) is 4.79. The van der Waals surface area contributed by atoms with Crippen LogP contribution in [0.1, 0.15) is 12.8 Å². The van der Waals surface area contributed by atoms with Gasteiger partial charge >= 0.3 is 0 Å². The molecule has 1 aromatic carbocycles. The monoisotopic (exact) mass is 262 g/mol. The van der Waals surface area contributed by atoms with Crippen molar-refractivity contribution < 1.29 is 0 Å². The van der Waals surface area contributed by atoms with Gasteiger partial charge < -0.3 is 0 Å². The summed E-state index contributed by atoms with van der Waals surface area (Å²) in [7, 11) is -0.446. The first-order chi connectivity index (χ1) is 9.45. The van der Waals surface area contributed by atoms with E-state index in [4.69, 9.17) is 0 Å². The first kappa shape index (κ1) is 12.2. The predicted molar refractivity (Wildman–Crippen MR) is 83.7 cm³/mol. The van der Waals surface area contributed by atoms with Crippen LogP contribution in [0, 0.1) is 0 Å². The van der Waals surface area contributed by atoms with Crippen LogP contribution < -0.4 is 5.30 Å². The van der Waals surface area contributed by atoms with Gasteiger partial charge in [0.1, 0.15) is 0 Å². The Morgan fingerprint density at radius 2 is 1.95 bits per heavy atom. The molecule has 92 valence electrons. The zero-order chi connectivity index (χ0) is 12.9. The summed E-state index contributed by atoms with van der Waals surface area (Å²) in [6.07, 6.45) is 15.2. The van der Waals surface area contributed by atoms with E-state index in [0.717, 1.165) is 12.8 Å². The van der Waals surface area contributed by atoms with E-state index in [1.165, 1.54) is 15.9 Å². The van der Waals surface area contributed by atoms with Gasteiger partial charge in [0.25, 0.3) is 0 Å². The van der Waals surface area contributed by atoms with Crippen LogP contribution in [0.3, 0.4) is 0 Å². The highest BCUT2D eigenvalue weighted by Gasteiger charge is 2.20. The van der Waals surface area contributed by atoms with Gasteiger partial charge in [-0.25, -0.2) is 0 Å². The number of hydrogen-bond acceptors (Lipinski definition) is 0. The Morgan fingerprint density at radius 3 is 2.63 bits per heavy atom. The van der Waals surface area contributed by atoms with Gasteiger partial charge in [0.2, 0.25) is 0 Å². The molecule has 1 unspecified atom stereocenters. The van der Waals surface area contributed by atoms with Crippen molar-refractivity contribution in [2.75, 3.05) is 0 Å². The molecule has 0 bridgehead atoms. The van der Waals surface area contributed by atoms with Crippen LogP contribution in [0.15, 0.2) is 88.9 Å². The Bertz CT molecular complexity index is 646. The van der Waals surface area contributed by atoms with E-state index in [-0.39, 0.29) is 0 Å². The molecule has 0 nitrogen and oxygen atoms in total. The Labute approximate surface area is 115 Å². The average Bonchev–Trinajstić information content (AvgIpc) is 2.51. The molecule has 0 aromatic heterocycles. The number of hydrogen-bond donors (Lipinski definition) is 0. The zero-order valence-electron chi connectivity index (χ0n) is 10.7. The van der Waals surface area contributed by atoms with E-state index in [9.17, 15) is 0 Å². The molecule has 0 aliphatic heterocycles. The van der Waals surface area contributed by atoms with Gasteiger partial charge in [-0.3, -0.25) is 0 Å². The van der Waals surface area contributed by atoms with E-state index in [1.54, 1.807) is 0 Å². The minimum Gasteiger partial charge on any atom is -0.0842 e. The zero-order valence-corrected chi connectivity index (χ0v) is 11.6. The average molecular weight is 262 g/mol. The first-order valence-electron chi connectivity index (χ1n) is 6.54. The molecule has 0 fully saturated rings. The second-order valence-electron chi connectivity index (χ2n) is 4.48. The van der Waals surface area contributed by atoms with Crippen molar-refractivity contribution >= 4 is 13.2 Å². The second kappa shape index (κ2) is 5.87. The summed E-state index contributed by atoms with van der Waals surface area (Å²) in [5, 5.41) is 4.19. The van der Waals surface area contributed by atoms with Gasteiger partial charge in [0.15, 0.2) is 0 Å². The van der Waals surface area contributed by atoms with Gasteiger partial charge in [0, 0.05) is 5.31 Å². The molecule has 1 aromatic rings. The van der Waals surface area contributed by atoms with Gasteiger partial charge in [-0.05, 0) is 43.5 Å². The number of allylic oxidation sites excluding steroid dienone is 8. The van der Waals surface area contributed by atoms with Crippen LogP contribution in [-0.2, 0) is 0 Å². The largest absolute Gasteiger partial charge is 0.0842 e. The lowest BCUT2D eigenvalue weighted by Gasteiger charge is -2.22. The molecule has 0 saturated heterocycles. The van der Waals surface area contributed by atoms with Crippen molar-refractivity contribution in [3.05, 3.63) is 88.9 Å². The quantitative estimate of drug-likeness (QED) is 0.542. The van der Waals surface area contributed by atoms with Gasteiger partial charge in [-0.15, -0.1) is 0 Å². The van der Waals surface area contributed by atoms with Crippen molar-refractivity contribution in [2.45, 2.75) is 12.8 Å². The number of benzene rings is 1. The van der Waals surface area contributed by atoms with Crippen molar-refractivity contribution in [1.82, 2.24) is 0 Å². The second-order valence-corrected chi connectivity index (χ2v) is 6.72. The van der Waals surface area contributed by atoms with Crippen LogP contribution >= 0.6 is 7.92 Å². The minimum absolute atomic E-state index is 0.446. The normalized spacial score (nSPS) is 18.1. The summed E-state index contributed by atoms with van der Waals surface area (Å²) < 4.78 is 0. The van der Waals surface area contributed by atoms with Gasteiger partial charge in [-0.2, -0.15) is 0 Å². The SMILES string of the molecule is C1=C=C(P(C2=CC=CCC2)c2ccccc2)C=CC=1. The van der Waals surface area contributed by atoms with Crippen LogP contribution in [0.4, 0.5) is 0 Å². The van der Waals surface area contributed by atoms with Gasteiger partial charge in [0.05, 0.1) is 0 Å². The third kappa shape index (κ3) is 2.78. The van der Waals surface area contributed by atoms with Crippen molar-refractivity contribution in [2.24, 2.45) is 0 Å². The van der Waals surface area contributed by atoms with E-state index in [1.807, 2.05) is 6.08 Å². The molecule has 0 radical (unpaired) electrons. The summed E-state index contributed by atoms with van der Waals surface area (Å²) in [6, 6.07) is 10.8. The highest BCUT2D eigenvalue weighted by atomic mass is 31.1. The Kier molecular flexibility index (Phi) is 3.78. The van der Waals surface area contributed by atoms with Crippen molar-refractivity contribution in [3.63, 3.8) is 0 Å². The molecule has 0 N–H and O–H groups in total. The first-order valence-corrected chi connectivity index (χ1v) is 7.88. The minimum atomic E-state index is -0.446. The number of rotatable bonds is 3. The summed E-state index contributed by atoms with van der Waals surface area (Å²) in [5.41, 5.74) is 6.40. The van der Waals surface area contributed by atoms with Crippen LogP contribution in [0.25, 0.3) is 0 Å². The molecule has 2 aliphatic rings. The molecule has 2 aliphatic carbocycles. The third-order valence-electron chi connectivity index (χ3n) is 3.17. The van der Waals surface area contributed by atoms with E-state index in [0.29, 0.717) is 0 Å². The van der Waals surface area contributed by atoms with Crippen LogP contribution in [0.5, 0.6) is 0 Å². The van der Waals surface area contributed by atoms with E-state index < -0.39 is 7.92 Å². The smallest absolute Gasteiger partial charge is 0.0345 e. The standard InChI is InChI=1S/C18H15P/c1-4-10-16(11-5-1)19(17-12-6-2-7-13-17)18-14-8-3-9-15-18/h1-6,8,10-12,14H,7,13H2. The molecule has 3 rings (SSSR count). The summed E-state index contributed by atoms with van der Waals surface area (Å²) in [6.45, 7) is 0. The van der Waals surface area contributed by atoms with Gasteiger partial charge in [-0.1, -0.05) is 66.1 Å². The summed E-state index contributed by atoms with van der Waals surface area (Å²) in [5.74, 6) is 0. The van der Waals surface area contributed by atoms with Crippen molar-refractivity contribution in [1.29, 1.82) is 0 Å². The molecule has 0 spiro atoms. The maximum absolute atomic E-state index is 3.30. The fraction of sp³-hybridized carbons (Fsp3) is 0.111. The maximum atomic E-state index is 3.30. The highest BCUT2D eigenvalue weighted by Crippen LogP contribution is 2.54. The van der Waals surface area contributed by atoms with Crippen molar-refractivity contribution in [3.8, 4) is 0 Å². The Hall–Kier alpha value is -1.83.